The van der Waals surface area contributed by atoms with Gasteiger partial charge in [-0.05, 0) is 35.6 Å². The van der Waals surface area contributed by atoms with E-state index in [4.69, 9.17) is 10.00 Å². The van der Waals surface area contributed by atoms with Crippen LogP contribution in [0.25, 0.3) is 0 Å². The summed E-state index contributed by atoms with van der Waals surface area (Å²) in [7, 11) is 0. The van der Waals surface area contributed by atoms with Crippen LogP contribution in [0.15, 0.2) is 54.6 Å². The van der Waals surface area contributed by atoms with Crippen LogP contribution in [0.2, 0.25) is 0 Å². The standard InChI is InChI=1S/C19H18N2O2/c20-10-11-21-19(22)18-12-17(18)15-6-8-16(9-7-15)23-13-14-4-2-1-3-5-14/h1-9,17-18H,11-13H2,(H,21,22)/t17-,18-/m0/s1. The lowest BCUT2D eigenvalue weighted by Crippen LogP contribution is -2.25. The van der Waals surface area contributed by atoms with Crippen LogP contribution in [0.3, 0.4) is 0 Å². The first-order chi connectivity index (χ1) is 11.3. The lowest BCUT2D eigenvalue weighted by atomic mass is 10.1. The molecular formula is C19H18N2O2. The van der Waals surface area contributed by atoms with E-state index in [1.54, 1.807) is 0 Å². The Kier molecular flexibility index (Phi) is 4.58. The second-order valence-corrected chi connectivity index (χ2v) is 5.67. The number of hydrogen-bond acceptors (Lipinski definition) is 3. The van der Waals surface area contributed by atoms with Crippen LogP contribution in [0.4, 0.5) is 0 Å². The van der Waals surface area contributed by atoms with E-state index in [1.807, 2.05) is 60.7 Å². The molecule has 0 aromatic heterocycles. The van der Waals surface area contributed by atoms with E-state index in [2.05, 4.69) is 5.32 Å². The third-order valence-corrected chi connectivity index (χ3v) is 4.03. The molecule has 2 atom stereocenters. The minimum Gasteiger partial charge on any atom is -0.489 e. The van der Waals surface area contributed by atoms with E-state index in [9.17, 15) is 4.79 Å². The van der Waals surface area contributed by atoms with Crippen LogP contribution >= 0.6 is 0 Å². The van der Waals surface area contributed by atoms with Gasteiger partial charge in [0.1, 0.15) is 18.9 Å². The van der Waals surface area contributed by atoms with Gasteiger partial charge in [-0.25, -0.2) is 0 Å². The predicted molar refractivity (Wildman–Crippen MR) is 86.7 cm³/mol. The second-order valence-electron chi connectivity index (χ2n) is 5.67. The maximum Gasteiger partial charge on any atom is 0.224 e. The first kappa shape index (κ1) is 15.1. The average molecular weight is 306 g/mol. The van der Waals surface area contributed by atoms with Crippen molar-refractivity contribution in [1.82, 2.24) is 5.32 Å². The molecule has 1 aliphatic rings. The number of ether oxygens (including phenoxy) is 1. The van der Waals surface area contributed by atoms with Gasteiger partial charge in [0.25, 0.3) is 0 Å². The number of rotatable bonds is 6. The highest BCUT2D eigenvalue weighted by Crippen LogP contribution is 2.47. The highest BCUT2D eigenvalue weighted by Gasteiger charge is 2.43. The number of nitrogens with one attached hydrogen (secondary N) is 1. The van der Waals surface area contributed by atoms with E-state index in [0.717, 1.165) is 23.3 Å². The lowest BCUT2D eigenvalue weighted by molar-refractivity contribution is -0.122. The number of hydrogen-bond donors (Lipinski definition) is 1. The van der Waals surface area contributed by atoms with Gasteiger partial charge in [-0.15, -0.1) is 0 Å². The molecule has 116 valence electrons. The molecule has 0 bridgehead atoms. The van der Waals surface area contributed by atoms with Gasteiger partial charge in [-0.1, -0.05) is 42.5 Å². The van der Waals surface area contributed by atoms with Crippen LogP contribution in [0.5, 0.6) is 5.75 Å². The van der Waals surface area contributed by atoms with Crippen molar-refractivity contribution < 1.29 is 9.53 Å². The third-order valence-electron chi connectivity index (χ3n) is 4.03. The number of carbonyl (C=O) groups excluding carboxylic acids is 1. The summed E-state index contributed by atoms with van der Waals surface area (Å²) in [6, 6.07) is 19.9. The molecule has 1 saturated carbocycles. The molecule has 0 spiro atoms. The fraction of sp³-hybridized carbons (Fsp3) is 0.263. The van der Waals surface area contributed by atoms with Gasteiger partial charge in [0.05, 0.1) is 6.07 Å². The van der Waals surface area contributed by atoms with Gasteiger partial charge in [-0.3, -0.25) is 4.79 Å². The first-order valence-corrected chi connectivity index (χ1v) is 7.69. The zero-order valence-electron chi connectivity index (χ0n) is 12.7. The summed E-state index contributed by atoms with van der Waals surface area (Å²) in [6.07, 6.45) is 0.849. The van der Waals surface area contributed by atoms with Crippen molar-refractivity contribution in [1.29, 1.82) is 5.26 Å². The topological polar surface area (TPSA) is 62.1 Å². The van der Waals surface area contributed by atoms with Gasteiger partial charge in [0.15, 0.2) is 0 Å². The molecule has 0 radical (unpaired) electrons. The first-order valence-electron chi connectivity index (χ1n) is 7.69. The summed E-state index contributed by atoms with van der Waals surface area (Å²) >= 11 is 0. The molecule has 0 saturated heterocycles. The second kappa shape index (κ2) is 6.97. The molecule has 4 nitrogen and oxygen atoms in total. The minimum atomic E-state index is -0.0269. The van der Waals surface area contributed by atoms with Crippen molar-refractivity contribution >= 4 is 5.91 Å². The maximum absolute atomic E-state index is 11.8. The van der Waals surface area contributed by atoms with Crippen molar-refractivity contribution in [2.24, 2.45) is 5.92 Å². The van der Waals surface area contributed by atoms with E-state index < -0.39 is 0 Å². The van der Waals surface area contributed by atoms with Crippen LogP contribution < -0.4 is 10.1 Å². The van der Waals surface area contributed by atoms with Crippen LogP contribution in [0, 0.1) is 17.2 Å². The largest absolute Gasteiger partial charge is 0.489 e. The normalized spacial score (nSPS) is 18.7. The van der Waals surface area contributed by atoms with Crippen LogP contribution in [0.1, 0.15) is 23.5 Å². The number of carbonyl (C=O) groups is 1. The summed E-state index contributed by atoms with van der Waals surface area (Å²) in [5.41, 5.74) is 2.28. The molecule has 0 heterocycles. The van der Waals surface area contributed by atoms with Crippen molar-refractivity contribution in [3.63, 3.8) is 0 Å². The summed E-state index contributed by atoms with van der Waals surface area (Å²) in [5, 5.41) is 11.1. The number of amides is 1. The highest BCUT2D eigenvalue weighted by molar-refractivity contribution is 5.83. The molecule has 3 rings (SSSR count). The Balaban J connectivity index is 1.52. The summed E-state index contributed by atoms with van der Waals surface area (Å²) in [4.78, 5) is 11.8. The smallest absolute Gasteiger partial charge is 0.224 e. The number of nitrogens with zero attached hydrogens (tertiary/aromatic N) is 1. The highest BCUT2D eigenvalue weighted by atomic mass is 16.5. The van der Waals surface area contributed by atoms with Crippen molar-refractivity contribution in [3.05, 3.63) is 65.7 Å². The van der Waals surface area contributed by atoms with Gasteiger partial charge < -0.3 is 10.1 Å². The Bertz CT molecular complexity index is 704. The molecule has 0 unspecified atom stereocenters. The van der Waals surface area contributed by atoms with E-state index in [-0.39, 0.29) is 24.3 Å². The SMILES string of the molecule is N#CCNC(=O)[C@H]1C[C@H]1c1ccc(OCc2ccccc2)cc1. The molecule has 4 heteroatoms. The quantitative estimate of drug-likeness (QED) is 0.834. The molecule has 1 N–H and O–H groups in total. The molecule has 1 aliphatic carbocycles. The Morgan fingerprint density at radius 1 is 1.17 bits per heavy atom. The molecule has 2 aromatic carbocycles. The molecule has 2 aromatic rings. The fourth-order valence-electron chi connectivity index (χ4n) is 2.66. The molecule has 1 fully saturated rings. The van der Waals surface area contributed by atoms with Crippen molar-refractivity contribution in [2.75, 3.05) is 6.54 Å². The molecular weight excluding hydrogens is 288 g/mol. The van der Waals surface area contributed by atoms with Gasteiger partial charge in [-0.2, -0.15) is 5.26 Å². The van der Waals surface area contributed by atoms with Crippen molar-refractivity contribution in [2.45, 2.75) is 18.9 Å². The summed E-state index contributed by atoms with van der Waals surface area (Å²) in [5.74, 6) is 1.06. The minimum absolute atomic E-state index is 0.000521. The molecule has 0 aliphatic heterocycles. The van der Waals surface area contributed by atoms with Gasteiger partial charge in [0, 0.05) is 5.92 Å². The Labute approximate surface area is 135 Å². The Hall–Kier alpha value is -2.80. The monoisotopic (exact) mass is 306 g/mol. The van der Waals surface area contributed by atoms with Gasteiger partial charge in [0.2, 0.25) is 5.91 Å². The summed E-state index contributed by atoms with van der Waals surface area (Å²) in [6.45, 7) is 0.622. The van der Waals surface area contributed by atoms with Crippen molar-refractivity contribution in [3.8, 4) is 11.8 Å². The van der Waals surface area contributed by atoms with Gasteiger partial charge >= 0.3 is 0 Å². The fourth-order valence-corrected chi connectivity index (χ4v) is 2.66. The van der Waals surface area contributed by atoms with Crippen LogP contribution in [-0.2, 0) is 11.4 Å². The molecule has 1 amide bonds. The Morgan fingerprint density at radius 2 is 1.91 bits per heavy atom. The molecule has 23 heavy (non-hydrogen) atoms. The Morgan fingerprint density at radius 3 is 2.61 bits per heavy atom. The maximum atomic E-state index is 11.8. The lowest BCUT2D eigenvalue weighted by Gasteiger charge is -2.07. The summed E-state index contributed by atoms with van der Waals surface area (Å²) < 4.78 is 5.76. The zero-order valence-corrected chi connectivity index (χ0v) is 12.7. The average Bonchev–Trinajstić information content (AvgIpc) is 3.40. The zero-order chi connectivity index (χ0) is 16.1. The van der Waals surface area contributed by atoms with E-state index in [1.165, 1.54) is 0 Å². The number of benzene rings is 2. The van der Waals surface area contributed by atoms with E-state index in [0.29, 0.717) is 6.61 Å². The predicted octanol–water partition coefficient (Wildman–Crippen LogP) is 3.01. The third kappa shape index (κ3) is 3.89. The number of nitriles is 1. The van der Waals surface area contributed by atoms with E-state index >= 15 is 0 Å². The van der Waals surface area contributed by atoms with Crippen LogP contribution in [-0.4, -0.2) is 12.5 Å².